The third-order valence-electron chi connectivity index (χ3n) is 4.25. The molecule has 9 heteroatoms. The standard InChI is InChI=1S/C21H17N3O6/c1-3-28-14-9-7-12(8-10-14)19-23-24-21(30-19)22-18(25)15-11-13-5-4-6-16(27-2)17(13)29-20(15)26/h4-11H,3H2,1-2H3,(H,22,24,25). The number of benzene rings is 2. The summed E-state index contributed by atoms with van der Waals surface area (Å²) < 4.78 is 21.3. The molecule has 0 unspecified atom stereocenters. The van der Waals surface area contributed by atoms with E-state index in [-0.39, 0.29) is 23.1 Å². The highest BCUT2D eigenvalue weighted by molar-refractivity contribution is 6.04. The van der Waals surface area contributed by atoms with Crippen molar-refractivity contribution in [3.63, 3.8) is 0 Å². The monoisotopic (exact) mass is 407 g/mol. The van der Waals surface area contributed by atoms with Crippen LogP contribution in [0.3, 0.4) is 0 Å². The molecule has 2 heterocycles. The van der Waals surface area contributed by atoms with Gasteiger partial charge >= 0.3 is 11.6 Å². The smallest absolute Gasteiger partial charge is 0.349 e. The number of fused-ring (bicyclic) bond motifs is 1. The maximum atomic E-state index is 12.5. The van der Waals surface area contributed by atoms with Gasteiger partial charge in [-0.1, -0.05) is 17.2 Å². The Balaban J connectivity index is 1.56. The number of anilines is 1. The molecule has 4 aromatic rings. The fraction of sp³-hybridized carbons (Fsp3) is 0.143. The van der Waals surface area contributed by atoms with E-state index in [2.05, 4.69) is 15.5 Å². The molecule has 0 aliphatic rings. The Hall–Kier alpha value is -4.14. The predicted octanol–water partition coefficient (Wildman–Crippen LogP) is 3.50. The average Bonchev–Trinajstić information content (AvgIpc) is 3.22. The van der Waals surface area contributed by atoms with E-state index in [1.165, 1.54) is 13.2 Å². The van der Waals surface area contributed by atoms with Gasteiger partial charge in [-0.25, -0.2) is 4.79 Å². The Kier molecular flexibility index (Phi) is 5.17. The zero-order valence-electron chi connectivity index (χ0n) is 16.2. The molecular formula is C21H17N3O6. The third kappa shape index (κ3) is 3.72. The fourth-order valence-electron chi connectivity index (χ4n) is 2.85. The topological polar surface area (TPSA) is 117 Å². The van der Waals surface area contributed by atoms with Crippen LogP contribution in [-0.2, 0) is 0 Å². The summed E-state index contributed by atoms with van der Waals surface area (Å²) in [5.41, 5.74) is -0.0896. The quantitative estimate of drug-likeness (QED) is 0.483. The molecule has 152 valence electrons. The number of aromatic nitrogens is 2. The van der Waals surface area contributed by atoms with Crippen LogP contribution in [-0.4, -0.2) is 29.8 Å². The number of rotatable bonds is 6. The van der Waals surface area contributed by atoms with Crippen LogP contribution >= 0.6 is 0 Å². The zero-order valence-corrected chi connectivity index (χ0v) is 16.2. The minimum absolute atomic E-state index is 0.144. The first kappa shape index (κ1) is 19.2. The van der Waals surface area contributed by atoms with Gasteiger partial charge in [0.15, 0.2) is 11.3 Å². The van der Waals surface area contributed by atoms with Crippen molar-refractivity contribution in [1.29, 1.82) is 0 Å². The van der Waals surface area contributed by atoms with Crippen LogP contribution in [0.5, 0.6) is 11.5 Å². The van der Waals surface area contributed by atoms with Crippen molar-refractivity contribution in [2.24, 2.45) is 0 Å². The highest BCUT2D eigenvalue weighted by Gasteiger charge is 2.18. The number of hydrogen-bond acceptors (Lipinski definition) is 8. The number of carbonyl (C=O) groups is 1. The van der Waals surface area contributed by atoms with Gasteiger partial charge in [-0.05, 0) is 43.3 Å². The van der Waals surface area contributed by atoms with E-state index in [1.807, 2.05) is 6.92 Å². The van der Waals surface area contributed by atoms with Crippen LogP contribution in [0.1, 0.15) is 17.3 Å². The van der Waals surface area contributed by atoms with E-state index in [4.69, 9.17) is 18.3 Å². The number of hydrogen-bond donors (Lipinski definition) is 1. The maximum absolute atomic E-state index is 12.5. The first-order chi connectivity index (χ1) is 14.6. The van der Waals surface area contributed by atoms with Crippen LogP contribution in [0.2, 0.25) is 0 Å². The van der Waals surface area contributed by atoms with E-state index in [0.717, 1.165) is 0 Å². The number of ether oxygens (including phenoxy) is 2. The minimum atomic E-state index is -0.809. The zero-order chi connectivity index (χ0) is 21.1. The highest BCUT2D eigenvalue weighted by Crippen LogP contribution is 2.25. The maximum Gasteiger partial charge on any atom is 0.349 e. The number of para-hydroxylation sites is 1. The van der Waals surface area contributed by atoms with Crippen LogP contribution in [0.25, 0.3) is 22.4 Å². The third-order valence-corrected chi connectivity index (χ3v) is 4.25. The molecular weight excluding hydrogens is 390 g/mol. The Labute approximate surface area is 170 Å². The number of nitrogens with one attached hydrogen (secondary N) is 1. The first-order valence-corrected chi connectivity index (χ1v) is 9.08. The molecule has 0 saturated carbocycles. The molecule has 1 amide bonds. The van der Waals surface area contributed by atoms with Crippen molar-refractivity contribution in [3.05, 3.63) is 64.5 Å². The van der Waals surface area contributed by atoms with Gasteiger partial charge in [0.1, 0.15) is 11.3 Å². The second kappa shape index (κ2) is 8.08. The van der Waals surface area contributed by atoms with Gasteiger partial charge in [0, 0.05) is 10.9 Å². The molecule has 0 bridgehead atoms. The molecule has 0 fully saturated rings. The summed E-state index contributed by atoms with van der Waals surface area (Å²) >= 11 is 0. The summed E-state index contributed by atoms with van der Waals surface area (Å²) in [5.74, 6) is 0.599. The van der Waals surface area contributed by atoms with Gasteiger partial charge in [0.25, 0.3) is 5.91 Å². The van der Waals surface area contributed by atoms with Gasteiger partial charge in [-0.2, -0.15) is 0 Å². The molecule has 0 aliphatic carbocycles. The molecule has 0 radical (unpaired) electrons. The molecule has 1 N–H and O–H groups in total. The molecule has 9 nitrogen and oxygen atoms in total. The molecule has 4 rings (SSSR count). The van der Waals surface area contributed by atoms with Crippen LogP contribution in [0, 0.1) is 0 Å². The lowest BCUT2D eigenvalue weighted by Crippen LogP contribution is -2.20. The van der Waals surface area contributed by atoms with Crippen LogP contribution in [0.4, 0.5) is 6.01 Å². The van der Waals surface area contributed by atoms with Crippen molar-refractivity contribution in [3.8, 4) is 23.0 Å². The normalized spacial score (nSPS) is 10.7. The summed E-state index contributed by atoms with van der Waals surface area (Å²) in [7, 11) is 1.47. The molecule has 0 atom stereocenters. The SMILES string of the molecule is CCOc1ccc(-c2nnc(NC(=O)c3cc4cccc(OC)c4oc3=O)o2)cc1. The molecule has 2 aromatic carbocycles. The van der Waals surface area contributed by atoms with E-state index >= 15 is 0 Å². The lowest BCUT2D eigenvalue weighted by Gasteiger charge is -2.05. The van der Waals surface area contributed by atoms with Crippen molar-refractivity contribution in [2.45, 2.75) is 6.92 Å². The van der Waals surface area contributed by atoms with Gasteiger partial charge in [0.05, 0.1) is 13.7 Å². The number of methoxy groups -OCH3 is 1. The molecule has 0 saturated heterocycles. The lowest BCUT2D eigenvalue weighted by molar-refractivity contribution is 0.102. The number of amides is 1. The van der Waals surface area contributed by atoms with E-state index < -0.39 is 11.5 Å². The van der Waals surface area contributed by atoms with E-state index in [1.54, 1.807) is 42.5 Å². The summed E-state index contributed by atoms with van der Waals surface area (Å²) in [4.78, 5) is 24.8. The van der Waals surface area contributed by atoms with Gasteiger partial charge in [-0.15, -0.1) is 5.10 Å². The predicted molar refractivity (Wildman–Crippen MR) is 108 cm³/mol. The highest BCUT2D eigenvalue weighted by atomic mass is 16.5. The Morgan fingerprint density at radius 1 is 1.10 bits per heavy atom. The average molecular weight is 407 g/mol. The van der Waals surface area contributed by atoms with Crippen LogP contribution < -0.4 is 20.4 Å². The first-order valence-electron chi connectivity index (χ1n) is 9.08. The Morgan fingerprint density at radius 2 is 1.90 bits per heavy atom. The van der Waals surface area contributed by atoms with Crippen molar-refractivity contribution < 1.29 is 23.1 Å². The second-order valence-corrected chi connectivity index (χ2v) is 6.15. The van der Waals surface area contributed by atoms with Crippen molar-refractivity contribution in [1.82, 2.24) is 10.2 Å². The minimum Gasteiger partial charge on any atom is -0.494 e. The van der Waals surface area contributed by atoms with Crippen molar-refractivity contribution in [2.75, 3.05) is 19.0 Å². The lowest BCUT2D eigenvalue weighted by atomic mass is 10.1. The molecule has 2 aromatic heterocycles. The fourth-order valence-corrected chi connectivity index (χ4v) is 2.85. The summed E-state index contributed by atoms with van der Waals surface area (Å²) in [5, 5.41) is 10.7. The molecule has 30 heavy (non-hydrogen) atoms. The molecule has 0 spiro atoms. The van der Waals surface area contributed by atoms with Gasteiger partial charge in [0.2, 0.25) is 5.89 Å². The Bertz CT molecular complexity index is 1260. The Morgan fingerprint density at radius 3 is 2.63 bits per heavy atom. The summed E-state index contributed by atoms with van der Waals surface area (Å²) in [6, 6.07) is 13.4. The number of nitrogens with zero attached hydrogens (tertiary/aromatic N) is 2. The van der Waals surface area contributed by atoms with Gasteiger partial charge in [-0.3, -0.25) is 10.1 Å². The van der Waals surface area contributed by atoms with E-state index in [9.17, 15) is 9.59 Å². The second-order valence-electron chi connectivity index (χ2n) is 6.15. The summed E-state index contributed by atoms with van der Waals surface area (Å²) in [6.45, 7) is 2.46. The largest absolute Gasteiger partial charge is 0.494 e. The van der Waals surface area contributed by atoms with Crippen molar-refractivity contribution >= 4 is 22.9 Å². The summed E-state index contributed by atoms with van der Waals surface area (Å²) in [6.07, 6.45) is 0. The van der Waals surface area contributed by atoms with Gasteiger partial charge < -0.3 is 18.3 Å². The van der Waals surface area contributed by atoms with Crippen LogP contribution in [0.15, 0.2) is 62.2 Å². The van der Waals surface area contributed by atoms with E-state index in [0.29, 0.717) is 29.1 Å². The molecule has 0 aliphatic heterocycles. The number of carbonyl (C=O) groups excluding carboxylic acids is 1.